The maximum atomic E-state index is 8.89. The van der Waals surface area contributed by atoms with Crippen molar-refractivity contribution in [1.29, 1.82) is 0 Å². The van der Waals surface area contributed by atoms with Crippen molar-refractivity contribution in [1.82, 2.24) is 0 Å². The van der Waals surface area contributed by atoms with E-state index in [1.807, 2.05) is 30.3 Å². The number of benzene rings is 1. The van der Waals surface area contributed by atoms with Crippen molar-refractivity contribution in [2.24, 2.45) is 0 Å². The van der Waals surface area contributed by atoms with E-state index in [1.165, 1.54) is 0 Å². The summed E-state index contributed by atoms with van der Waals surface area (Å²) in [6.07, 6.45) is 0. The average Bonchev–Trinajstić information content (AvgIpc) is 2.17. The second kappa shape index (κ2) is 21.8. The van der Waals surface area contributed by atoms with Gasteiger partial charge in [-0.3, -0.25) is 0 Å². The molecule has 0 aromatic heterocycles. The van der Waals surface area contributed by atoms with Crippen LogP contribution in [0.15, 0.2) is 30.3 Å². The van der Waals surface area contributed by atoms with E-state index in [1.54, 1.807) is 0 Å². The SMILES string of the molecule is CC(=O)[O-].CC(=O)[O-].CC(=O)[O-].[Pb].[c]1ccccc1. The van der Waals surface area contributed by atoms with Gasteiger partial charge in [-0.1, -0.05) is 30.3 Å². The molecule has 1 rings (SSSR count). The first-order valence-corrected chi connectivity index (χ1v) is 4.64. The zero-order chi connectivity index (χ0) is 15.0. The molecule has 0 unspecified atom stereocenters. The summed E-state index contributed by atoms with van der Waals surface area (Å²) < 4.78 is 0. The largest absolute Gasteiger partial charge is 0.550 e. The molecule has 0 amide bonds. The Hall–Kier alpha value is -1.45. The van der Waals surface area contributed by atoms with E-state index < -0.39 is 17.9 Å². The number of hydrogen-bond donors (Lipinski definition) is 0. The number of carboxylic acid groups (broad SMARTS) is 3. The van der Waals surface area contributed by atoms with Gasteiger partial charge in [-0.05, 0) is 26.8 Å². The third kappa shape index (κ3) is 169. The van der Waals surface area contributed by atoms with Gasteiger partial charge in [0.15, 0.2) is 0 Å². The summed E-state index contributed by atoms with van der Waals surface area (Å²) in [6.45, 7) is 2.92. The third-order valence-corrected chi connectivity index (χ3v) is 0.607. The van der Waals surface area contributed by atoms with Crippen molar-refractivity contribution in [2.75, 3.05) is 0 Å². The average molecular weight is 461 g/mol. The van der Waals surface area contributed by atoms with Gasteiger partial charge in [0.05, 0.1) is 0 Å². The molecular formula is C12H14O6Pb-3. The maximum absolute atomic E-state index is 8.89. The molecule has 5 radical (unpaired) electrons. The van der Waals surface area contributed by atoms with Crippen molar-refractivity contribution >= 4 is 45.2 Å². The first-order chi connectivity index (χ1) is 8.20. The second-order valence-corrected chi connectivity index (χ2v) is 2.55. The summed E-state index contributed by atoms with van der Waals surface area (Å²) in [4.78, 5) is 26.7. The molecule has 6 nitrogen and oxygen atoms in total. The van der Waals surface area contributed by atoms with Gasteiger partial charge in [-0.2, -0.15) is 0 Å². The molecule has 105 valence electrons. The van der Waals surface area contributed by atoms with E-state index in [9.17, 15) is 0 Å². The fraction of sp³-hybridized carbons (Fsp3) is 0.250. The van der Waals surface area contributed by atoms with Crippen LogP contribution in [-0.2, 0) is 14.4 Å². The van der Waals surface area contributed by atoms with Crippen LogP contribution < -0.4 is 15.3 Å². The Morgan fingerprint density at radius 3 is 1.00 bits per heavy atom. The first kappa shape index (κ1) is 26.2. The number of carbonyl (C=O) groups excluding carboxylic acids is 3. The molecule has 0 heterocycles. The van der Waals surface area contributed by atoms with Crippen molar-refractivity contribution in [3.8, 4) is 0 Å². The molecular weight excluding hydrogens is 447 g/mol. The fourth-order valence-electron chi connectivity index (χ4n) is 0.342. The molecule has 0 N–H and O–H groups in total. The van der Waals surface area contributed by atoms with Crippen LogP contribution in [0.5, 0.6) is 0 Å². The minimum absolute atomic E-state index is 0. The zero-order valence-corrected chi connectivity index (χ0v) is 14.7. The zero-order valence-electron chi connectivity index (χ0n) is 10.8. The van der Waals surface area contributed by atoms with Crippen LogP contribution in [0.4, 0.5) is 0 Å². The van der Waals surface area contributed by atoms with Crippen molar-refractivity contribution in [3.05, 3.63) is 36.4 Å². The number of carbonyl (C=O) groups is 3. The molecule has 0 aliphatic heterocycles. The van der Waals surface area contributed by atoms with Gasteiger partial charge in [0.2, 0.25) is 0 Å². The van der Waals surface area contributed by atoms with Crippen LogP contribution in [0.25, 0.3) is 0 Å². The molecule has 0 aliphatic rings. The Morgan fingerprint density at radius 1 is 0.737 bits per heavy atom. The van der Waals surface area contributed by atoms with Crippen molar-refractivity contribution in [2.45, 2.75) is 20.8 Å². The Morgan fingerprint density at radius 2 is 0.947 bits per heavy atom. The molecule has 0 bridgehead atoms. The van der Waals surface area contributed by atoms with Crippen LogP contribution in [0.2, 0.25) is 0 Å². The standard InChI is InChI=1S/C6H5.3C2H4O2.Pb/c1-2-4-6-5-3-1;3*1-2(3)4;/h1-5H;3*1H3,(H,3,4);/p-3. The van der Waals surface area contributed by atoms with Gasteiger partial charge in [0.1, 0.15) is 0 Å². The quantitative estimate of drug-likeness (QED) is 0.390. The minimum Gasteiger partial charge on any atom is -0.550 e. The topological polar surface area (TPSA) is 120 Å². The van der Waals surface area contributed by atoms with E-state index in [0.29, 0.717) is 0 Å². The molecule has 0 saturated heterocycles. The van der Waals surface area contributed by atoms with E-state index in [4.69, 9.17) is 29.7 Å². The summed E-state index contributed by atoms with van der Waals surface area (Å²) in [7, 11) is 0. The van der Waals surface area contributed by atoms with Crippen LogP contribution in [0.3, 0.4) is 0 Å². The molecule has 7 heteroatoms. The second-order valence-electron chi connectivity index (χ2n) is 2.55. The van der Waals surface area contributed by atoms with Crippen LogP contribution >= 0.6 is 0 Å². The van der Waals surface area contributed by atoms with Crippen LogP contribution in [0, 0.1) is 6.07 Å². The Kier molecular flexibility index (Phi) is 30.0. The predicted octanol–water partition coefficient (Wildman–Crippen LogP) is -2.63. The third-order valence-electron chi connectivity index (χ3n) is 0.607. The Bertz CT molecular complexity index is 259. The first-order valence-electron chi connectivity index (χ1n) is 4.64. The molecule has 0 fully saturated rings. The molecule has 19 heavy (non-hydrogen) atoms. The Balaban J connectivity index is -0.0000000796. The predicted molar refractivity (Wildman–Crippen MR) is 63.1 cm³/mol. The molecule has 0 atom stereocenters. The molecule has 1 aromatic rings. The maximum Gasteiger partial charge on any atom is 0.0383 e. The monoisotopic (exact) mass is 462 g/mol. The van der Waals surface area contributed by atoms with Crippen LogP contribution in [0.1, 0.15) is 20.8 Å². The molecule has 1 aromatic carbocycles. The number of rotatable bonds is 0. The van der Waals surface area contributed by atoms with Crippen LogP contribution in [-0.4, -0.2) is 45.2 Å². The van der Waals surface area contributed by atoms with E-state index in [2.05, 4.69) is 6.07 Å². The van der Waals surface area contributed by atoms with Gasteiger partial charge < -0.3 is 29.7 Å². The Labute approximate surface area is 132 Å². The minimum atomic E-state index is -1.08. The number of hydrogen-bond acceptors (Lipinski definition) is 6. The van der Waals surface area contributed by atoms with E-state index >= 15 is 0 Å². The number of aliphatic carboxylic acids is 3. The van der Waals surface area contributed by atoms with Gasteiger partial charge in [0.25, 0.3) is 0 Å². The van der Waals surface area contributed by atoms with Crippen molar-refractivity contribution in [3.63, 3.8) is 0 Å². The number of carboxylic acids is 3. The smallest absolute Gasteiger partial charge is 0.0383 e. The van der Waals surface area contributed by atoms with Gasteiger partial charge in [-0.25, -0.2) is 0 Å². The summed E-state index contributed by atoms with van der Waals surface area (Å²) in [5.41, 5.74) is 0. The molecule has 0 spiro atoms. The molecule has 0 aliphatic carbocycles. The fourth-order valence-corrected chi connectivity index (χ4v) is 0.342. The van der Waals surface area contributed by atoms with E-state index in [0.717, 1.165) is 20.8 Å². The summed E-state index contributed by atoms with van der Waals surface area (Å²) in [6, 6.07) is 12.5. The summed E-state index contributed by atoms with van der Waals surface area (Å²) >= 11 is 0. The van der Waals surface area contributed by atoms with Gasteiger partial charge in [-0.15, -0.1) is 0 Å². The summed E-state index contributed by atoms with van der Waals surface area (Å²) in [5, 5.41) is 26.7. The van der Waals surface area contributed by atoms with Crippen molar-refractivity contribution < 1.29 is 29.7 Å². The molecule has 0 saturated carbocycles. The van der Waals surface area contributed by atoms with E-state index in [-0.39, 0.29) is 27.3 Å². The normalized spacial score (nSPS) is 6.47. The van der Waals surface area contributed by atoms with Gasteiger partial charge in [0, 0.05) is 45.2 Å². The van der Waals surface area contributed by atoms with Gasteiger partial charge >= 0.3 is 0 Å². The summed E-state index contributed by atoms with van der Waals surface area (Å²) in [5.74, 6) is -3.25.